The zero-order valence-corrected chi connectivity index (χ0v) is 15.6. The van der Waals surface area contributed by atoms with E-state index in [9.17, 15) is 9.59 Å². The van der Waals surface area contributed by atoms with Gasteiger partial charge in [0.05, 0.1) is 17.4 Å². The quantitative estimate of drug-likeness (QED) is 0.653. The van der Waals surface area contributed by atoms with Crippen LogP contribution in [0.3, 0.4) is 0 Å². The lowest BCUT2D eigenvalue weighted by atomic mass is 10.2. The predicted octanol–water partition coefficient (Wildman–Crippen LogP) is 2.37. The number of fused-ring (bicyclic) bond motifs is 1. The second kappa shape index (κ2) is 8.49. The summed E-state index contributed by atoms with van der Waals surface area (Å²) < 4.78 is 7.09. The van der Waals surface area contributed by atoms with Crippen molar-refractivity contribution in [2.45, 2.75) is 19.8 Å². The van der Waals surface area contributed by atoms with Crippen LogP contribution in [0.4, 0.5) is 0 Å². The number of aromatic nitrogens is 2. The Kier molecular flexibility index (Phi) is 5.86. The minimum Gasteiger partial charge on any atom is -0.492 e. The van der Waals surface area contributed by atoms with Crippen molar-refractivity contribution >= 4 is 16.8 Å². The maximum Gasteiger partial charge on any atom is 0.261 e. The molecule has 6 nitrogen and oxygen atoms in total. The van der Waals surface area contributed by atoms with Gasteiger partial charge in [-0.1, -0.05) is 29.8 Å². The molecule has 0 unspecified atom stereocenters. The average Bonchev–Trinajstić information content (AvgIpc) is 2.68. The van der Waals surface area contributed by atoms with Crippen molar-refractivity contribution in [3.63, 3.8) is 0 Å². The molecule has 0 fully saturated rings. The van der Waals surface area contributed by atoms with E-state index in [1.54, 1.807) is 13.1 Å². The Morgan fingerprint density at radius 2 is 1.89 bits per heavy atom. The number of hydrogen-bond donors (Lipinski definition) is 1. The van der Waals surface area contributed by atoms with Crippen molar-refractivity contribution in [2.75, 3.05) is 13.2 Å². The number of hydrogen-bond acceptors (Lipinski definition) is 4. The Morgan fingerprint density at radius 3 is 2.67 bits per heavy atom. The van der Waals surface area contributed by atoms with Crippen LogP contribution in [0.25, 0.3) is 10.9 Å². The number of para-hydroxylation sites is 1. The number of benzene rings is 2. The van der Waals surface area contributed by atoms with Crippen molar-refractivity contribution in [1.29, 1.82) is 0 Å². The zero-order chi connectivity index (χ0) is 19.2. The van der Waals surface area contributed by atoms with Gasteiger partial charge in [-0.2, -0.15) is 0 Å². The van der Waals surface area contributed by atoms with E-state index in [1.165, 1.54) is 10.1 Å². The second-order valence-corrected chi connectivity index (χ2v) is 6.42. The van der Waals surface area contributed by atoms with Gasteiger partial charge < -0.3 is 10.1 Å². The van der Waals surface area contributed by atoms with Crippen LogP contribution in [-0.4, -0.2) is 28.6 Å². The van der Waals surface area contributed by atoms with Gasteiger partial charge in [-0.15, -0.1) is 0 Å². The summed E-state index contributed by atoms with van der Waals surface area (Å²) in [6, 6.07) is 15.0. The first-order chi connectivity index (χ1) is 13.0. The number of amides is 1. The van der Waals surface area contributed by atoms with E-state index in [2.05, 4.69) is 10.3 Å². The molecule has 140 valence electrons. The number of rotatable bonds is 7. The van der Waals surface area contributed by atoms with Crippen molar-refractivity contribution in [2.24, 2.45) is 7.05 Å². The summed E-state index contributed by atoms with van der Waals surface area (Å²) in [5.41, 5.74) is 1.73. The van der Waals surface area contributed by atoms with Crippen LogP contribution < -0.4 is 15.6 Å². The Hall–Kier alpha value is -3.15. The summed E-state index contributed by atoms with van der Waals surface area (Å²) in [5.74, 6) is 1.29. The Morgan fingerprint density at radius 1 is 1.15 bits per heavy atom. The van der Waals surface area contributed by atoms with Gasteiger partial charge >= 0.3 is 0 Å². The number of aryl methyl sites for hydroxylation is 2. The van der Waals surface area contributed by atoms with Gasteiger partial charge in [-0.25, -0.2) is 4.98 Å². The van der Waals surface area contributed by atoms with E-state index in [-0.39, 0.29) is 17.9 Å². The van der Waals surface area contributed by atoms with E-state index in [0.29, 0.717) is 36.3 Å². The molecule has 2 aromatic carbocycles. The van der Waals surface area contributed by atoms with Crippen LogP contribution in [0.1, 0.15) is 17.8 Å². The highest BCUT2D eigenvalue weighted by Crippen LogP contribution is 2.11. The fraction of sp³-hybridized carbons (Fsp3) is 0.286. The van der Waals surface area contributed by atoms with Crippen molar-refractivity contribution < 1.29 is 9.53 Å². The molecule has 6 heteroatoms. The molecule has 0 atom stereocenters. The molecule has 0 saturated carbocycles. The first-order valence-electron chi connectivity index (χ1n) is 8.95. The standard InChI is InChI=1S/C21H23N3O3/c1-15-7-9-16(10-8-15)27-14-13-22-20(25)12-11-19-23-18-6-4-3-5-17(18)21(26)24(19)2/h3-10H,11-14H2,1-2H3,(H,22,25). The molecule has 0 spiro atoms. The SMILES string of the molecule is Cc1ccc(OCCNC(=O)CCc2nc3ccccc3c(=O)n2C)cc1. The number of nitrogens with zero attached hydrogens (tertiary/aromatic N) is 2. The van der Waals surface area contributed by atoms with Gasteiger partial charge in [-0.05, 0) is 31.2 Å². The smallest absolute Gasteiger partial charge is 0.261 e. The van der Waals surface area contributed by atoms with Crippen LogP contribution >= 0.6 is 0 Å². The molecule has 0 aliphatic carbocycles. The fourth-order valence-electron chi connectivity index (χ4n) is 2.80. The molecule has 3 aromatic rings. The maximum absolute atomic E-state index is 12.4. The normalized spacial score (nSPS) is 10.7. The van der Waals surface area contributed by atoms with Gasteiger partial charge in [0.2, 0.25) is 5.91 Å². The van der Waals surface area contributed by atoms with Crippen LogP contribution in [0.2, 0.25) is 0 Å². The molecule has 0 aliphatic heterocycles. The summed E-state index contributed by atoms with van der Waals surface area (Å²) in [4.78, 5) is 28.9. The topological polar surface area (TPSA) is 73.2 Å². The number of nitrogens with one attached hydrogen (secondary N) is 1. The third kappa shape index (κ3) is 4.73. The van der Waals surface area contributed by atoms with E-state index < -0.39 is 0 Å². The Labute approximate surface area is 157 Å². The largest absolute Gasteiger partial charge is 0.492 e. The molecule has 27 heavy (non-hydrogen) atoms. The molecule has 0 aliphatic rings. The van der Waals surface area contributed by atoms with Crippen LogP contribution in [0, 0.1) is 6.92 Å². The highest BCUT2D eigenvalue weighted by Gasteiger charge is 2.09. The first-order valence-corrected chi connectivity index (χ1v) is 8.95. The van der Waals surface area contributed by atoms with Gasteiger partial charge in [0.1, 0.15) is 18.2 Å². The Balaban J connectivity index is 1.49. The first kappa shape index (κ1) is 18.6. The lowest BCUT2D eigenvalue weighted by Crippen LogP contribution is -2.29. The van der Waals surface area contributed by atoms with Crippen LogP contribution in [0.15, 0.2) is 53.3 Å². The lowest BCUT2D eigenvalue weighted by molar-refractivity contribution is -0.121. The average molecular weight is 365 g/mol. The molecule has 0 bridgehead atoms. The number of carbonyl (C=O) groups excluding carboxylic acids is 1. The second-order valence-electron chi connectivity index (χ2n) is 6.42. The van der Waals surface area contributed by atoms with E-state index in [4.69, 9.17) is 4.74 Å². The Bertz CT molecular complexity index is 994. The van der Waals surface area contributed by atoms with E-state index in [0.717, 1.165) is 5.75 Å². The predicted molar refractivity (Wildman–Crippen MR) is 105 cm³/mol. The van der Waals surface area contributed by atoms with Gasteiger partial charge in [0.15, 0.2) is 0 Å². The van der Waals surface area contributed by atoms with Crippen LogP contribution in [-0.2, 0) is 18.3 Å². The minimum absolute atomic E-state index is 0.0927. The van der Waals surface area contributed by atoms with Gasteiger partial charge in [0, 0.05) is 19.9 Å². The highest BCUT2D eigenvalue weighted by molar-refractivity contribution is 5.78. The molecule has 1 aromatic heterocycles. The number of carbonyl (C=O) groups is 1. The van der Waals surface area contributed by atoms with Crippen LogP contribution in [0.5, 0.6) is 5.75 Å². The summed E-state index contributed by atoms with van der Waals surface area (Å²) in [6.07, 6.45) is 0.671. The lowest BCUT2D eigenvalue weighted by Gasteiger charge is -2.10. The molecule has 3 rings (SSSR count). The van der Waals surface area contributed by atoms with Crippen molar-refractivity contribution in [3.05, 3.63) is 70.3 Å². The molecular formula is C21H23N3O3. The summed E-state index contributed by atoms with van der Waals surface area (Å²) in [7, 11) is 1.68. The summed E-state index contributed by atoms with van der Waals surface area (Å²) >= 11 is 0. The molecule has 0 saturated heterocycles. The molecule has 1 amide bonds. The zero-order valence-electron chi connectivity index (χ0n) is 15.6. The molecular weight excluding hydrogens is 342 g/mol. The fourth-order valence-corrected chi connectivity index (χ4v) is 2.80. The minimum atomic E-state index is -0.0949. The van der Waals surface area contributed by atoms with Crippen molar-refractivity contribution in [1.82, 2.24) is 14.9 Å². The molecule has 1 heterocycles. The highest BCUT2D eigenvalue weighted by atomic mass is 16.5. The number of ether oxygens (including phenoxy) is 1. The van der Waals surface area contributed by atoms with Crippen molar-refractivity contribution in [3.8, 4) is 5.75 Å². The third-order valence-electron chi connectivity index (χ3n) is 4.37. The summed E-state index contributed by atoms with van der Waals surface area (Å²) in [5, 5.41) is 3.41. The van der Waals surface area contributed by atoms with E-state index in [1.807, 2.05) is 49.4 Å². The monoisotopic (exact) mass is 365 g/mol. The van der Waals surface area contributed by atoms with E-state index >= 15 is 0 Å². The summed E-state index contributed by atoms with van der Waals surface area (Å²) in [6.45, 7) is 2.85. The van der Waals surface area contributed by atoms with Gasteiger partial charge in [0.25, 0.3) is 5.56 Å². The van der Waals surface area contributed by atoms with Gasteiger partial charge in [-0.3, -0.25) is 14.2 Å². The third-order valence-corrected chi connectivity index (χ3v) is 4.37. The molecule has 0 radical (unpaired) electrons. The molecule has 1 N–H and O–H groups in total. The maximum atomic E-state index is 12.4.